The highest BCUT2D eigenvalue weighted by molar-refractivity contribution is 5.80. The number of aliphatic hydroxyl groups excluding tert-OH is 5. The average molecular weight is 1230 g/mol. The van der Waals surface area contributed by atoms with Crippen LogP contribution < -0.4 is 5.32 Å². The molecule has 1 rings (SSSR count). The first-order chi connectivity index (χ1) is 42.7. The Kier molecular flexibility index (Phi) is 60.1. The van der Waals surface area contributed by atoms with Crippen LogP contribution in [0, 0.1) is 0 Å². The number of esters is 1. The first-order valence-corrected chi connectivity index (χ1v) is 37.1. The lowest BCUT2D eigenvalue weighted by Gasteiger charge is -2.41. The molecule has 0 spiro atoms. The predicted molar refractivity (Wildman–Crippen MR) is 366 cm³/mol. The van der Waals surface area contributed by atoms with Crippen LogP contribution in [0.1, 0.15) is 348 Å². The Morgan fingerprint density at radius 2 is 0.793 bits per heavy atom. The van der Waals surface area contributed by atoms with Gasteiger partial charge in [-0.2, -0.15) is 0 Å². The number of allylic oxidation sites excluding steroid dienone is 9. The smallest absolute Gasteiger partial charge is 0.306 e. The van der Waals surface area contributed by atoms with Crippen molar-refractivity contribution < 1.29 is 49.3 Å². The third-order valence-corrected chi connectivity index (χ3v) is 17.4. The molecular weight excluding hydrogens is 1090 g/mol. The zero-order valence-electron chi connectivity index (χ0n) is 56.6. The molecule has 0 aliphatic carbocycles. The Hall–Kier alpha value is -2.64. The molecule has 87 heavy (non-hydrogen) atoms. The lowest BCUT2D eigenvalue weighted by molar-refractivity contribution is -0.305. The molecule has 1 aliphatic rings. The Bertz CT molecular complexity index is 1650. The van der Waals surface area contributed by atoms with Crippen molar-refractivity contribution in [2.24, 2.45) is 0 Å². The lowest BCUT2D eigenvalue weighted by atomic mass is 9.99. The minimum atomic E-state index is -1.62. The predicted octanol–water partition coefficient (Wildman–Crippen LogP) is 19.3. The topological polar surface area (TPSA) is 175 Å². The van der Waals surface area contributed by atoms with E-state index in [1.807, 2.05) is 6.08 Å². The van der Waals surface area contributed by atoms with E-state index in [-0.39, 0.29) is 19.4 Å². The highest BCUT2D eigenvalue weighted by Gasteiger charge is 2.47. The van der Waals surface area contributed by atoms with Gasteiger partial charge in [0, 0.05) is 6.42 Å². The Morgan fingerprint density at radius 3 is 1.22 bits per heavy atom. The molecule has 0 aromatic rings. The molecule has 11 nitrogen and oxygen atoms in total. The maximum absolute atomic E-state index is 13.5. The summed E-state index contributed by atoms with van der Waals surface area (Å²) in [5.41, 5.74) is 0. The molecule has 0 radical (unpaired) electrons. The Balaban J connectivity index is 2.54. The number of unbranched alkanes of at least 4 members (excludes halogenated alkanes) is 42. The van der Waals surface area contributed by atoms with E-state index >= 15 is 0 Å². The zero-order chi connectivity index (χ0) is 63.1. The number of hydrogen-bond acceptors (Lipinski definition) is 10. The van der Waals surface area contributed by atoms with Crippen LogP contribution in [0.5, 0.6) is 0 Å². The molecule has 508 valence electrons. The number of rotatable bonds is 64. The molecule has 1 heterocycles. The van der Waals surface area contributed by atoms with E-state index in [9.17, 15) is 35.1 Å². The third kappa shape index (κ3) is 50.7. The number of nitrogens with one attached hydrogen (secondary N) is 1. The lowest BCUT2D eigenvalue weighted by Crippen LogP contribution is -2.61. The van der Waals surface area contributed by atoms with E-state index in [1.54, 1.807) is 6.08 Å². The molecule has 1 saturated heterocycles. The first kappa shape index (κ1) is 82.4. The van der Waals surface area contributed by atoms with Gasteiger partial charge in [-0.3, -0.25) is 9.59 Å². The van der Waals surface area contributed by atoms with E-state index < -0.39 is 67.4 Å². The van der Waals surface area contributed by atoms with Crippen LogP contribution in [0.2, 0.25) is 0 Å². The average Bonchev–Trinajstić information content (AvgIpc) is 2.75. The fourth-order valence-corrected chi connectivity index (χ4v) is 11.5. The van der Waals surface area contributed by atoms with Gasteiger partial charge in [0.1, 0.15) is 24.4 Å². The maximum atomic E-state index is 13.5. The van der Waals surface area contributed by atoms with Gasteiger partial charge in [0.05, 0.1) is 25.4 Å². The fourth-order valence-electron chi connectivity index (χ4n) is 11.5. The summed E-state index contributed by atoms with van der Waals surface area (Å²) in [7, 11) is 0. The van der Waals surface area contributed by atoms with E-state index in [1.165, 1.54) is 218 Å². The summed E-state index contributed by atoms with van der Waals surface area (Å²) in [5, 5.41) is 57.3. The van der Waals surface area contributed by atoms with Gasteiger partial charge in [-0.1, -0.05) is 313 Å². The number of hydrogen-bond donors (Lipinski definition) is 6. The quantitative estimate of drug-likeness (QED) is 0.0195. The van der Waals surface area contributed by atoms with Crippen LogP contribution in [-0.2, 0) is 23.8 Å². The summed E-state index contributed by atoms with van der Waals surface area (Å²) < 4.78 is 17.7. The first-order valence-electron chi connectivity index (χ1n) is 37.1. The van der Waals surface area contributed by atoms with Crippen molar-refractivity contribution in [1.29, 1.82) is 0 Å². The van der Waals surface area contributed by atoms with Gasteiger partial charge < -0.3 is 45.1 Å². The van der Waals surface area contributed by atoms with Crippen molar-refractivity contribution in [3.8, 4) is 0 Å². The minimum absolute atomic E-state index is 0.124. The number of ether oxygens (including phenoxy) is 3. The van der Waals surface area contributed by atoms with Crippen LogP contribution >= 0.6 is 0 Å². The standard InChI is InChI=1S/C76H139NO10/c1-4-7-10-13-16-19-22-25-27-29-31-32-33-34-35-36-37-38-39-41-43-46-49-52-55-58-61-64-71(81)87-74-73(83)72(82)70(65-78)86-76(74)85-66-67(68(79)62-59-56-53-50-47-44-24-21-18-15-12-9-6-3)77-75(84)69(80)63-60-57-54-51-48-45-42-40-30-28-26-23-20-17-14-11-8-5-2/h17,20,25-28,40,42,59,62,67-70,72-74,76,78-80,82-83H,4-16,18-19,21-24,29-39,41,43-58,60-61,63-66H2,1-3H3,(H,77,84)/b20-17-,27-25+,28-26-,42-40-,62-59+. The molecule has 0 saturated carbocycles. The summed E-state index contributed by atoms with van der Waals surface area (Å²) >= 11 is 0. The summed E-state index contributed by atoms with van der Waals surface area (Å²) in [6.45, 7) is 5.80. The van der Waals surface area contributed by atoms with Crippen molar-refractivity contribution in [2.45, 2.75) is 397 Å². The largest absolute Gasteiger partial charge is 0.454 e. The number of carbonyl (C=O) groups is 2. The highest BCUT2D eigenvalue weighted by atomic mass is 16.7. The van der Waals surface area contributed by atoms with Gasteiger partial charge >= 0.3 is 5.97 Å². The summed E-state index contributed by atoms with van der Waals surface area (Å²) in [6, 6.07) is -1.03. The van der Waals surface area contributed by atoms with E-state index in [0.717, 1.165) is 83.5 Å². The normalized spacial score (nSPS) is 18.6. The molecule has 0 aromatic heterocycles. The van der Waals surface area contributed by atoms with Gasteiger partial charge in [0.25, 0.3) is 0 Å². The molecule has 8 atom stereocenters. The highest BCUT2D eigenvalue weighted by Crippen LogP contribution is 2.26. The number of amides is 1. The van der Waals surface area contributed by atoms with Crippen molar-refractivity contribution in [1.82, 2.24) is 5.32 Å². The zero-order valence-corrected chi connectivity index (χ0v) is 56.6. The monoisotopic (exact) mass is 1230 g/mol. The van der Waals surface area contributed by atoms with Crippen molar-refractivity contribution >= 4 is 11.9 Å². The van der Waals surface area contributed by atoms with Crippen LogP contribution in [0.4, 0.5) is 0 Å². The SMILES string of the molecule is CCCCC/C=C\C/C=C\C/C=C\CCCCCCCC(O)C(=O)NC(COC1OC(CO)C(O)C(O)C1OC(=O)CCCCCCCCCCCCCCCCCCC/C=C/CCCCCCCC)C(O)/C=C/CCCCCCCCCCCCC. The van der Waals surface area contributed by atoms with Crippen molar-refractivity contribution in [3.05, 3.63) is 60.8 Å². The minimum Gasteiger partial charge on any atom is -0.454 e. The molecule has 0 bridgehead atoms. The van der Waals surface area contributed by atoms with Crippen LogP contribution in [0.3, 0.4) is 0 Å². The number of carbonyl (C=O) groups excluding carboxylic acids is 2. The summed E-state index contributed by atoms with van der Waals surface area (Å²) in [4.78, 5) is 26.7. The summed E-state index contributed by atoms with van der Waals surface area (Å²) in [5.74, 6) is -1.20. The summed E-state index contributed by atoms with van der Waals surface area (Å²) in [6.07, 6.45) is 71.2. The molecule has 0 aromatic carbocycles. The van der Waals surface area contributed by atoms with E-state index in [2.05, 4.69) is 74.7 Å². The molecule has 11 heteroatoms. The maximum Gasteiger partial charge on any atom is 0.306 e. The second kappa shape index (κ2) is 63.5. The van der Waals surface area contributed by atoms with Gasteiger partial charge in [0.2, 0.25) is 5.91 Å². The van der Waals surface area contributed by atoms with Gasteiger partial charge in [0.15, 0.2) is 12.4 Å². The molecular formula is C76H139NO10. The second-order valence-corrected chi connectivity index (χ2v) is 25.7. The van der Waals surface area contributed by atoms with E-state index in [4.69, 9.17) is 14.2 Å². The number of aliphatic hydroxyl groups is 5. The molecule has 1 aliphatic heterocycles. The molecule has 6 N–H and O–H groups in total. The van der Waals surface area contributed by atoms with Crippen LogP contribution in [0.15, 0.2) is 60.8 Å². The fraction of sp³-hybridized carbons (Fsp3) is 0.842. The van der Waals surface area contributed by atoms with Gasteiger partial charge in [-0.25, -0.2) is 0 Å². The van der Waals surface area contributed by atoms with Gasteiger partial charge in [-0.05, 0) is 89.9 Å². The Labute approximate surface area is 535 Å². The van der Waals surface area contributed by atoms with Crippen LogP contribution in [-0.4, -0.2) is 99.6 Å². The van der Waals surface area contributed by atoms with Gasteiger partial charge in [-0.15, -0.1) is 0 Å². The molecule has 8 unspecified atom stereocenters. The van der Waals surface area contributed by atoms with E-state index in [0.29, 0.717) is 12.8 Å². The third-order valence-electron chi connectivity index (χ3n) is 17.4. The van der Waals surface area contributed by atoms with Crippen molar-refractivity contribution in [3.63, 3.8) is 0 Å². The van der Waals surface area contributed by atoms with Crippen LogP contribution in [0.25, 0.3) is 0 Å². The molecule has 1 amide bonds. The molecule has 1 fully saturated rings. The Morgan fingerprint density at radius 1 is 0.448 bits per heavy atom. The second-order valence-electron chi connectivity index (χ2n) is 25.7. The van der Waals surface area contributed by atoms with Crippen molar-refractivity contribution in [2.75, 3.05) is 13.2 Å².